The summed E-state index contributed by atoms with van der Waals surface area (Å²) in [6.07, 6.45) is 3.04. The average Bonchev–Trinajstić information content (AvgIpc) is 2.54. The highest BCUT2D eigenvalue weighted by Gasteiger charge is 2.08. The Morgan fingerprint density at radius 2 is 1.50 bits per heavy atom. The summed E-state index contributed by atoms with van der Waals surface area (Å²) in [5.41, 5.74) is 3.25. The Kier molecular flexibility index (Phi) is 5.26. The van der Waals surface area contributed by atoms with E-state index in [1.807, 2.05) is 31.2 Å². The molecule has 0 aliphatic heterocycles. The topological polar surface area (TPSA) is 43.4 Å². The van der Waals surface area contributed by atoms with Crippen LogP contribution in [0.25, 0.3) is 6.08 Å². The smallest absolute Gasteiger partial charge is 0.330 e. The summed E-state index contributed by atoms with van der Waals surface area (Å²) in [5.74, 6) is -0.386. The van der Waals surface area contributed by atoms with Gasteiger partial charge >= 0.3 is 5.97 Å². The van der Waals surface area contributed by atoms with Crippen molar-refractivity contribution < 1.29 is 14.3 Å². The highest BCUT2D eigenvalue weighted by molar-refractivity contribution is 6.09. The minimum atomic E-state index is -0.373. The molecule has 0 aromatic heterocycles. The van der Waals surface area contributed by atoms with Gasteiger partial charge in [-0.3, -0.25) is 4.79 Å². The van der Waals surface area contributed by atoms with Crippen molar-refractivity contribution in [1.29, 1.82) is 0 Å². The lowest BCUT2D eigenvalue weighted by Gasteiger charge is -2.02. The minimum absolute atomic E-state index is 0.0130. The van der Waals surface area contributed by atoms with E-state index in [4.69, 9.17) is 4.74 Å². The van der Waals surface area contributed by atoms with Crippen LogP contribution in [0.3, 0.4) is 0 Å². The molecule has 3 nitrogen and oxygen atoms in total. The van der Waals surface area contributed by atoms with Crippen molar-refractivity contribution in [3.05, 3.63) is 76.9 Å². The van der Waals surface area contributed by atoms with Crippen molar-refractivity contribution in [3.63, 3.8) is 0 Å². The van der Waals surface area contributed by atoms with Crippen LogP contribution in [0.2, 0.25) is 0 Å². The molecule has 0 atom stereocenters. The third-order valence-corrected chi connectivity index (χ3v) is 3.19. The van der Waals surface area contributed by atoms with Gasteiger partial charge in [-0.15, -0.1) is 0 Å². The first-order chi connectivity index (χ1) is 10.6. The number of carbonyl (C=O) groups is 2. The molecule has 3 heteroatoms. The number of ketones is 1. The summed E-state index contributed by atoms with van der Waals surface area (Å²) in [4.78, 5) is 23.6. The van der Waals surface area contributed by atoms with E-state index in [-0.39, 0.29) is 11.8 Å². The fourth-order valence-corrected chi connectivity index (χ4v) is 1.97. The lowest BCUT2D eigenvalue weighted by molar-refractivity contribution is -0.137. The van der Waals surface area contributed by atoms with Crippen molar-refractivity contribution >= 4 is 17.8 Å². The van der Waals surface area contributed by atoms with Crippen molar-refractivity contribution in [2.45, 2.75) is 13.8 Å². The third-order valence-electron chi connectivity index (χ3n) is 3.19. The number of hydrogen-bond acceptors (Lipinski definition) is 3. The van der Waals surface area contributed by atoms with Crippen LogP contribution in [0, 0.1) is 6.92 Å². The zero-order chi connectivity index (χ0) is 15.9. The second-order valence-corrected chi connectivity index (χ2v) is 4.90. The van der Waals surface area contributed by atoms with Crippen molar-refractivity contribution in [2.75, 3.05) is 6.61 Å². The zero-order valence-electron chi connectivity index (χ0n) is 12.7. The first-order valence-electron chi connectivity index (χ1n) is 7.16. The van der Waals surface area contributed by atoms with Gasteiger partial charge in [-0.1, -0.05) is 54.1 Å². The van der Waals surface area contributed by atoms with Gasteiger partial charge in [-0.05, 0) is 25.5 Å². The highest BCUT2D eigenvalue weighted by atomic mass is 16.5. The molecule has 0 amide bonds. The summed E-state index contributed by atoms with van der Waals surface area (Å²) >= 11 is 0. The maximum Gasteiger partial charge on any atom is 0.330 e. The Morgan fingerprint density at radius 3 is 2.05 bits per heavy atom. The molecule has 2 aromatic rings. The molecule has 0 N–H and O–H groups in total. The van der Waals surface area contributed by atoms with E-state index in [0.29, 0.717) is 17.7 Å². The number of rotatable bonds is 5. The van der Waals surface area contributed by atoms with Crippen LogP contribution in [0.4, 0.5) is 0 Å². The van der Waals surface area contributed by atoms with Gasteiger partial charge in [0.05, 0.1) is 6.61 Å². The van der Waals surface area contributed by atoms with E-state index in [1.165, 1.54) is 6.08 Å². The molecule has 0 aliphatic carbocycles. The largest absolute Gasteiger partial charge is 0.463 e. The average molecular weight is 294 g/mol. The van der Waals surface area contributed by atoms with Gasteiger partial charge in [0.25, 0.3) is 0 Å². The molecule has 2 aromatic carbocycles. The lowest BCUT2D eigenvalue weighted by atomic mass is 10.0. The second kappa shape index (κ2) is 7.36. The highest BCUT2D eigenvalue weighted by Crippen LogP contribution is 2.13. The first-order valence-corrected chi connectivity index (χ1v) is 7.16. The molecule has 0 unspecified atom stereocenters. The second-order valence-electron chi connectivity index (χ2n) is 4.90. The molecule has 0 heterocycles. The molecule has 0 bridgehead atoms. The van der Waals surface area contributed by atoms with Crippen LogP contribution in [0.1, 0.15) is 34.0 Å². The van der Waals surface area contributed by atoms with Crippen LogP contribution in [0.15, 0.2) is 54.6 Å². The van der Waals surface area contributed by atoms with Gasteiger partial charge in [-0.25, -0.2) is 4.79 Å². The van der Waals surface area contributed by atoms with E-state index < -0.39 is 0 Å². The maximum atomic E-state index is 12.3. The molecule has 22 heavy (non-hydrogen) atoms. The number of ether oxygens (including phenoxy) is 1. The number of carbonyl (C=O) groups excluding carboxylic acids is 2. The van der Waals surface area contributed by atoms with Crippen molar-refractivity contribution in [2.24, 2.45) is 0 Å². The summed E-state index contributed by atoms with van der Waals surface area (Å²) in [6, 6.07) is 14.6. The van der Waals surface area contributed by atoms with Gasteiger partial charge < -0.3 is 4.74 Å². The molecule has 0 fully saturated rings. The van der Waals surface area contributed by atoms with E-state index in [9.17, 15) is 9.59 Å². The number of esters is 1. The summed E-state index contributed by atoms with van der Waals surface area (Å²) in [7, 11) is 0. The molecule has 0 saturated carbocycles. The van der Waals surface area contributed by atoms with Crippen LogP contribution >= 0.6 is 0 Å². The van der Waals surface area contributed by atoms with Gasteiger partial charge in [0.1, 0.15) is 0 Å². The number of hydrogen-bond donors (Lipinski definition) is 0. The van der Waals surface area contributed by atoms with Crippen molar-refractivity contribution in [1.82, 2.24) is 0 Å². The number of benzene rings is 2. The van der Waals surface area contributed by atoms with Gasteiger partial charge in [-0.2, -0.15) is 0 Å². The summed E-state index contributed by atoms with van der Waals surface area (Å²) in [6.45, 7) is 4.10. The number of aryl methyl sites for hydroxylation is 1. The first kappa shape index (κ1) is 15.7. The van der Waals surface area contributed by atoms with Gasteiger partial charge in [0.2, 0.25) is 0 Å². The maximum absolute atomic E-state index is 12.3. The fourth-order valence-electron chi connectivity index (χ4n) is 1.97. The molecular weight excluding hydrogens is 276 g/mol. The molecule has 112 valence electrons. The fraction of sp³-hybridized carbons (Fsp3) is 0.158. The molecule has 0 aliphatic rings. The Labute approximate surface area is 130 Å². The molecule has 0 spiro atoms. The van der Waals surface area contributed by atoms with Gasteiger partial charge in [0.15, 0.2) is 5.78 Å². The van der Waals surface area contributed by atoms with Crippen LogP contribution in [-0.2, 0) is 9.53 Å². The normalized spacial score (nSPS) is 10.6. The van der Waals surface area contributed by atoms with Crippen LogP contribution in [0.5, 0.6) is 0 Å². The predicted molar refractivity (Wildman–Crippen MR) is 86.7 cm³/mol. The van der Waals surface area contributed by atoms with Crippen LogP contribution < -0.4 is 0 Å². The Balaban J connectivity index is 2.10. The van der Waals surface area contributed by atoms with Crippen LogP contribution in [-0.4, -0.2) is 18.4 Å². The van der Waals surface area contributed by atoms with Gasteiger partial charge in [0, 0.05) is 17.2 Å². The Bertz CT molecular complexity index is 680. The minimum Gasteiger partial charge on any atom is -0.463 e. The standard InChI is InChI=1S/C19H18O3/c1-3-22-18(20)13-8-15-6-11-17(12-7-15)19(21)16-9-4-14(2)5-10-16/h4-13H,3H2,1-2H3/b13-8+. The quantitative estimate of drug-likeness (QED) is 0.478. The lowest BCUT2D eigenvalue weighted by Crippen LogP contribution is -2.01. The van der Waals surface area contributed by atoms with E-state index in [1.54, 1.807) is 37.3 Å². The molecule has 0 radical (unpaired) electrons. The van der Waals surface area contributed by atoms with E-state index in [2.05, 4.69) is 0 Å². The van der Waals surface area contributed by atoms with Crippen molar-refractivity contribution in [3.8, 4) is 0 Å². The van der Waals surface area contributed by atoms with E-state index >= 15 is 0 Å². The molecule has 2 rings (SSSR count). The summed E-state index contributed by atoms with van der Waals surface area (Å²) < 4.78 is 4.81. The third kappa shape index (κ3) is 4.16. The molecular formula is C19H18O3. The Morgan fingerprint density at radius 1 is 0.955 bits per heavy atom. The van der Waals surface area contributed by atoms with E-state index in [0.717, 1.165) is 11.1 Å². The SMILES string of the molecule is CCOC(=O)/C=C/c1ccc(C(=O)c2ccc(C)cc2)cc1. The zero-order valence-corrected chi connectivity index (χ0v) is 12.7. The predicted octanol–water partition coefficient (Wildman–Crippen LogP) is 3.80. The molecule has 0 saturated heterocycles. The Hall–Kier alpha value is -2.68. The summed E-state index contributed by atoms with van der Waals surface area (Å²) in [5, 5.41) is 0. The monoisotopic (exact) mass is 294 g/mol.